The van der Waals surface area contributed by atoms with Crippen LogP contribution in [-0.2, 0) is 17.6 Å². The predicted octanol–water partition coefficient (Wildman–Crippen LogP) is 3.37. The van der Waals surface area contributed by atoms with Crippen LogP contribution in [0.3, 0.4) is 0 Å². The normalized spacial score (nSPS) is 13.2. The highest BCUT2D eigenvalue weighted by molar-refractivity contribution is 5.70. The lowest BCUT2D eigenvalue weighted by Crippen LogP contribution is -2.32. The van der Waals surface area contributed by atoms with Crippen LogP contribution in [0.2, 0.25) is 0 Å². The largest absolute Gasteiger partial charge is 0.481 e. The van der Waals surface area contributed by atoms with Gasteiger partial charge in [0.25, 0.3) is 0 Å². The van der Waals surface area contributed by atoms with Gasteiger partial charge in [-0.2, -0.15) is 0 Å². The van der Waals surface area contributed by atoms with Crippen molar-refractivity contribution >= 4 is 5.97 Å². The summed E-state index contributed by atoms with van der Waals surface area (Å²) in [6.45, 7) is 6.59. The van der Waals surface area contributed by atoms with E-state index < -0.39 is 12.1 Å². The fourth-order valence-corrected chi connectivity index (χ4v) is 3.58. The lowest BCUT2D eigenvalue weighted by atomic mass is 10.0. The van der Waals surface area contributed by atoms with Crippen LogP contribution in [0.25, 0.3) is 5.82 Å². The van der Waals surface area contributed by atoms with Gasteiger partial charge in [-0.3, -0.25) is 4.79 Å². The predicted molar refractivity (Wildman–Crippen MR) is 117 cm³/mol. The molecular formula is C24H29N3O3. The number of rotatable bonds is 9. The Labute approximate surface area is 177 Å². The average Bonchev–Trinajstić information content (AvgIpc) is 3.05. The first-order valence-corrected chi connectivity index (χ1v) is 10.2. The van der Waals surface area contributed by atoms with Gasteiger partial charge in [0.1, 0.15) is 5.82 Å². The van der Waals surface area contributed by atoms with Crippen LogP contribution in [-0.4, -0.2) is 38.3 Å². The number of nitrogens with one attached hydrogen (secondary N) is 1. The zero-order valence-electron chi connectivity index (χ0n) is 17.7. The maximum absolute atomic E-state index is 10.8. The van der Waals surface area contributed by atoms with Crippen molar-refractivity contribution in [3.63, 3.8) is 0 Å². The maximum atomic E-state index is 10.8. The van der Waals surface area contributed by atoms with Crippen molar-refractivity contribution in [2.75, 3.05) is 6.54 Å². The van der Waals surface area contributed by atoms with E-state index in [0.29, 0.717) is 6.54 Å². The Kier molecular flexibility index (Phi) is 7.03. The molecule has 6 nitrogen and oxygen atoms in total. The van der Waals surface area contributed by atoms with Gasteiger partial charge in [0.2, 0.25) is 0 Å². The second-order valence-corrected chi connectivity index (χ2v) is 7.82. The lowest BCUT2D eigenvalue weighted by molar-refractivity contribution is -0.136. The number of hydrogen-bond acceptors (Lipinski definition) is 4. The van der Waals surface area contributed by atoms with Gasteiger partial charge in [0.05, 0.1) is 12.5 Å². The van der Waals surface area contributed by atoms with E-state index in [9.17, 15) is 9.90 Å². The third-order valence-electron chi connectivity index (χ3n) is 5.24. The molecule has 3 aromatic rings. The molecule has 3 rings (SSSR count). The first-order chi connectivity index (χ1) is 14.3. The molecule has 2 heterocycles. The van der Waals surface area contributed by atoms with E-state index in [2.05, 4.69) is 33.9 Å². The Morgan fingerprint density at radius 3 is 2.23 bits per heavy atom. The Hall–Kier alpha value is -2.96. The number of carboxylic acid groups (broad SMARTS) is 1. The number of aliphatic hydroxyl groups is 1. The number of hydrogen-bond donors (Lipinski definition) is 3. The average molecular weight is 408 g/mol. The second-order valence-electron chi connectivity index (χ2n) is 7.82. The van der Waals surface area contributed by atoms with Crippen LogP contribution >= 0.6 is 0 Å². The van der Waals surface area contributed by atoms with Gasteiger partial charge in [-0.1, -0.05) is 30.3 Å². The van der Waals surface area contributed by atoms with Gasteiger partial charge in [-0.15, -0.1) is 0 Å². The van der Waals surface area contributed by atoms with Crippen LogP contribution in [0.5, 0.6) is 0 Å². The summed E-state index contributed by atoms with van der Waals surface area (Å²) in [5.74, 6) is 0.0199. The summed E-state index contributed by atoms with van der Waals surface area (Å²) in [6.07, 6.45) is 1.92. The summed E-state index contributed by atoms with van der Waals surface area (Å²) in [7, 11) is 0. The monoisotopic (exact) mass is 407 g/mol. The van der Waals surface area contributed by atoms with E-state index in [1.165, 1.54) is 0 Å². The minimum Gasteiger partial charge on any atom is -0.481 e. The van der Waals surface area contributed by atoms with Crippen molar-refractivity contribution in [1.29, 1.82) is 0 Å². The van der Waals surface area contributed by atoms with Crippen molar-refractivity contribution in [3.05, 3.63) is 82.8 Å². The maximum Gasteiger partial charge on any atom is 0.307 e. The van der Waals surface area contributed by atoms with Crippen molar-refractivity contribution in [2.45, 2.75) is 45.8 Å². The van der Waals surface area contributed by atoms with E-state index in [1.807, 2.05) is 50.2 Å². The van der Waals surface area contributed by atoms with Crippen LogP contribution in [0.1, 0.15) is 41.1 Å². The molecule has 3 N–H and O–H groups in total. The fraction of sp³-hybridized carbons (Fsp3) is 0.333. The van der Waals surface area contributed by atoms with Crippen molar-refractivity contribution < 1.29 is 15.0 Å². The fourth-order valence-electron chi connectivity index (χ4n) is 3.58. The topological polar surface area (TPSA) is 87.4 Å². The SMILES string of the molecule is Cc1ccc(C)n1-c1ccc(C(O)CNC(C)Cc2ccc(CC(=O)O)cc2)cn1. The van der Waals surface area contributed by atoms with Gasteiger partial charge in [0, 0.05) is 35.7 Å². The van der Waals surface area contributed by atoms with E-state index in [1.54, 1.807) is 6.20 Å². The zero-order chi connectivity index (χ0) is 21.7. The number of benzene rings is 1. The standard InChI is InChI=1S/C24H29N3O3/c1-16(12-19-6-8-20(9-7-19)13-24(29)30)25-15-22(28)21-10-11-23(26-14-21)27-17(2)4-5-18(27)3/h4-11,14,16,22,25,28H,12-13,15H2,1-3H3,(H,29,30). The number of aryl methyl sites for hydroxylation is 2. The quantitative estimate of drug-likeness (QED) is 0.506. The zero-order valence-corrected chi connectivity index (χ0v) is 17.7. The molecule has 2 atom stereocenters. The van der Waals surface area contributed by atoms with E-state index in [-0.39, 0.29) is 12.5 Å². The number of aromatic nitrogens is 2. The number of aliphatic hydroxyl groups excluding tert-OH is 1. The number of carbonyl (C=O) groups is 1. The molecule has 0 bridgehead atoms. The highest BCUT2D eigenvalue weighted by Crippen LogP contribution is 2.17. The highest BCUT2D eigenvalue weighted by atomic mass is 16.4. The second kappa shape index (κ2) is 9.69. The minimum atomic E-state index is -0.826. The molecule has 0 aliphatic rings. The number of carboxylic acids is 1. The van der Waals surface area contributed by atoms with Gasteiger partial charge in [-0.05, 0) is 56.5 Å². The minimum absolute atomic E-state index is 0.0383. The first-order valence-electron chi connectivity index (χ1n) is 10.2. The van der Waals surface area contributed by atoms with Crippen molar-refractivity contribution in [2.24, 2.45) is 0 Å². The molecular weight excluding hydrogens is 378 g/mol. The van der Waals surface area contributed by atoms with Crippen LogP contribution in [0.15, 0.2) is 54.7 Å². The van der Waals surface area contributed by atoms with Gasteiger partial charge in [-0.25, -0.2) is 4.98 Å². The highest BCUT2D eigenvalue weighted by Gasteiger charge is 2.12. The summed E-state index contributed by atoms with van der Waals surface area (Å²) < 4.78 is 2.08. The molecule has 0 aliphatic heterocycles. The molecule has 1 aromatic carbocycles. The third-order valence-corrected chi connectivity index (χ3v) is 5.24. The Morgan fingerprint density at radius 2 is 1.67 bits per heavy atom. The summed E-state index contributed by atoms with van der Waals surface area (Å²) in [5.41, 5.74) is 4.95. The smallest absolute Gasteiger partial charge is 0.307 e. The van der Waals surface area contributed by atoms with Gasteiger partial charge >= 0.3 is 5.97 Å². The Bertz CT molecular complexity index is 958. The number of nitrogens with zero attached hydrogens (tertiary/aromatic N) is 2. The van der Waals surface area contributed by atoms with Gasteiger partial charge < -0.3 is 20.1 Å². The van der Waals surface area contributed by atoms with Crippen LogP contribution in [0.4, 0.5) is 0 Å². The van der Waals surface area contributed by atoms with E-state index in [4.69, 9.17) is 5.11 Å². The Balaban J connectivity index is 1.52. The molecule has 0 saturated carbocycles. The first kappa shape index (κ1) is 21.7. The molecule has 0 saturated heterocycles. The van der Waals surface area contributed by atoms with Crippen molar-refractivity contribution in [1.82, 2.24) is 14.9 Å². The Morgan fingerprint density at radius 1 is 1.03 bits per heavy atom. The van der Waals surface area contributed by atoms with Crippen molar-refractivity contribution in [3.8, 4) is 5.82 Å². The van der Waals surface area contributed by atoms with Gasteiger partial charge in [0.15, 0.2) is 0 Å². The molecule has 2 aromatic heterocycles. The number of aliphatic carboxylic acids is 1. The summed E-state index contributed by atoms with van der Waals surface area (Å²) in [5, 5.41) is 22.7. The summed E-state index contributed by atoms with van der Waals surface area (Å²) in [6, 6.07) is 15.8. The molecule has 0 aliphatic carbocycles. The third kappa shape index (κ3) is 5.55. The van der Waals surface area contributed by atoms with Crippen LogP contribution in [0, 0.1) is 13.8 Å². The molecule has 0 fully saturated rings. The summed E-state index contributed by atoms with van der Waals surface area (Å²) >= 11 is 0. The summed E-state index contributed by atoms with van der Waals surface area (Å²) in [4.78, 5) is 15.3. The van der Waals surface area contributed by atoms with E-state index in [0.717, 1.165) is 40.3 Å². The van der Waals surface area contributed by atoms with Crippen LogP contribution < -0.4 is 5.32 Å². The molecule has 0 amide bonds. The number of pyridine rings is 1. The molecule has 30 heavy (non-hydrogen) atoms. The molecule has 6 heteroatoms. The molecule has 0 radical (unpaired) electrons. The van der Waals surface area contributed by atoms with E-state index >= 15 is 0 Å². The molecule has 158 valence electrons. The molecule has 0 spiro atoms. The lowest BCUT2D eigenvalue weighted by Gasteiger charge is -2.18. The molecule has 2 unspecified atom stereocenters.